The van der Waals surface area contributed by atoms with Gasteiger partial charge in [-0.15, -0.1) is 11.3 Å². The molecule has 0 aliphatic heterocycles. The van der Waals surface area contributed by atoms with Gasteiger partial charge in [0, 0.05) is 5.56 Å². The van der Waals surface area contributed by atoms with Crippen LogP contribution in [-0.4, -0.2) is 16.1 Å². The summed E-state index contributed by atoms with van der Waals surface area (Å²) in [6.07, 6.45) is 1.70. The summed E-state index contributed by atoms with van der Waals surface area (Å²) in [4.78, 5) is 13.0. The molecule has 3 aromatic rings. The Labute approximate surface area is 137 Å². The van der Waals surface area contributed by atoms with E-state index in [9.17, 15) is 9.18 Å². The van der Waals surface area contributed by atoms with E-state index < -0.39 is 0 Å². The summed E-state index contributed by atoms with van der Waals surface area (Å²) in [6.45, 7) is 2.06. The fourth-order valence-electron chi connectivity index (χ4n) is 2.34. The molecule has 6 heteroatoms. The molecule has 0 aliphatic carbocycles. The van der Waals surface area contributed by atoms with Gasteiger partial charge < -0.3 is 5.32 Å². The first-order chi connectivity index (χ1) is 11.2. The van der Waals surface area contributed by atoms with Crippen LogP contribution in [0.25, 0.3) is 11.3 Å². The predicted octanol–water partition coefficient (Wildman–Crippen LogP) is 4.48. The summed E-state index contributed by atoms with van der Waals surface area (Å²) in [7, 11) is 0. The topological polar surface area (TPSA) is 57.8 Å². The lowest BCUT2D eigenvalue weighted by Crippen LogP contribution is -2.11. The molecule has 1 aromatic carbocycles. The molecule has 0 saturated heterocycles. The number of aryl methyl sites for hydroxylation is 1. The molecule has 0 saturated carbocycles. The lowest BCUT2D eigenvalue weighted by atomic mass is 10.1. The minimum Gasteiger partial charge on any atom is -0.318 e. The molecule has 0 bridgehead atoms. The maximum atomic E-state index is 13.1. The van der Waals surface area contributed by atoms with Gasteiger partial charge in [-0.3, -0.25) is 9.89 Å². The molecule has 2 aromatic heterocycles. The van der Waals surface area contributed by atoms with Crippen LogP contribution in [-0.2, 0) is 6.42 Å². The van der Waals surface area contributed by atoms with Crippen molar-refractivity contribution in [2.24, 2.45) is 0 Å². The van der Waals surface area contributed by atoms with Gasteiger partial charge in [-0.05, 0) is 42.1 Å². The van der Waals surface area contributed by atoms with E-state index >= 15 is 0 Å². The van der Waals surface area contributed by atoms with E-state index in [2.05, 4.69) is 22.4 Å². The Kier molecular flexibility index (Phi) is 4.52. The van der Waals surface area contributed by atoms with Gasteiger partial charge in [-0.25, -0.2) is 4.39 Å². The minimum atomic E-state index is -0.303. The number of H-pyrrole nitrogens is 1. The van der Waals surface area contributed by atoms with Gasteiger partial charge >= 0.3 is 0 Å². The molecule has 0 radical (unpaired) electrons. The number of carbonyl (C=O) groups is 1. The molecule has 0 aliphatic rings. The van der Waals surface area contributed by atoms with E-state index in [1.165, 1.54) is 23.5 Å². The maximum absolute atomic E-state index is 13.1. The first-order valence-electron chi connectivity index (χ1n) is 7.37. The summed E-state index contributed by atoms with van der Waals surface area (Å²) in [5.41, 5.74) is 2.92. The van der Waals surface area contributed by atoms with Crippen LogP contribution in [0.1, 0.15) is 28.7 Å². The van der Waals surface area contributed by atoms with E-state index in [-0.39, 0.29) is 11.7 Å². The summed E-state index contributed by atoms with van der Waals surface area (Å²) in [5.74, 6) is -0.468. The van der Waals surface area contributed by atoms with Crippen molar-refractivity contribution in [3.8, 4) is 11.3 Å². The number of aromatic amines is 1. The number of amides is 1. The normalized spacial score (nSPS) is 10.7. The second kappa shape index (κ2) is 6.75. The summed E-state index contributed by atoms with van der Waals surface area (Å²) < 4.78 is 13.1. The third-order valence-corrected chi connectivity index (χ3v) is 4.31. The molecule has 0 spiro atoms. The van der Waals surface area contributed by atoms with Crippen molar-refractivity contribution >= 4 is 22.9 Å². The van der Waals surface area contributed by atoms with E-state index in [0.717, 1.165) is 24.1 Å². The fourth-order valence-corrected chi connectivity index (χ4v) is 2.96. The van der Waals surface area contributed by atoms with E-state index in [0.29, 0.717) is 16.3 Å². The number of hydrogen-bond acceptors (Lipinski definition) is 3. The van der Waals surface area contributed by atoms with E-state index in [1.54, 1.807) is 18.2 Å². The molecule has 3 rings (SSSR count). The number of halogens is 1. The molecular formula is C17H16FN3OS. The second-order valence-corrected chi connectivity index (χ2v) is 6.06. The Morgan fingerprint density at radius 1 is 1.30 bits per heavy atom. The number of thiophene rings is 1. The highest BCUT2D eigenvalue weighted by molar-refractivity contribution is 7.12. The first-order valence-corrected chi connectivity index (χ1v) is 8.25. The summed E-state index contributed by atoms with van der Waals surface area (Å²) in [5, 5.41) is 12.1. The molecule has 2 N–H and O–H groups in total. The lowest BCUT2D eigenvalue weighted by molar-refractivity contribution is 0.103. The lowest BCUT2D eigenvalue weighted by Gasteiger charge is -2.07. The van der Waals surface area contributed by atoms with Gasteiger partial charge in [0.15, 0.2) is 0 Å². The highest BCUT2D eigenvalue weighted by Crippen LogP contribution is 2.30. The molecule has 2 heterocycles. The van der Waals surface area contributed by atoms with Crippen LogP contribution in [0.2, 0.25) is 0 Å². The number of nitrogens with one attached hydrogen (secondary N) is 2. The molecule has 0 atom stereocenters. The van der Waals surface area contributed by atoms with Crippen LogP contribution in [0.4, 0.5) is 10.1 Å². The highest BCUT2D eigenvalue weighted by Gasteiger charge is 2.18. The third kappa shape index (κ3) is 3.32. The van der Waals surface area contributed by atoms with Gasteiger partial charge in [0.1, 0.15) is 11.5 Å². The zero-order valence-electron chi connectivity index (χ0n) is 12.6. The van der Waals surface area contributed by atoms with Crippen molar-refractivity contribution in [1.29, 1.82) is 0 Å². The van der Waals surface area contributed by atoms with Crippen LogP contribution >= 0.6 is 11.3 Å². The number of carbonyl (C=O) groups excluding carboxylic acids is 1. The standard InChI is InChI=1S/C17H16FN3OS/c1-2-4-13-16(19-17(22)14-5-3-10-23-14)15(21-20-13)11-6-8-12(18)9-7-11/h3,5-10H,2,4H2,1H3,(H,19,22)(H,20,21). The second-order valence-electron chi connectivity index (χ2n) is 5.11. The van der Waals surface area contributed by atoms with Crippen molar-refractivity contribution < 1.29 is 9.18 Å². The monoisotopic (exact) mass is 329 g/mol. The molecular weight excluding hydrogens is 313 g/mol. The zero-order chi connectivity index (χ0) is 16.2. The Morgan fingerprint density at radius 3 is 2.74 bits per heavy atom. The average Bonchev–Trinajstić information content (AvgIpc) is 3.20. The van der Waals surface area contributed by atoms with Crippen molar-refractivity contribution in [2.75, 3.05) is 5.32 Å². The number of rotatable bonds is 5. The van der Waals surface area contributed by atoms with Gasteiger partial charge in [-0.1, -0.05) is 19.4 Å². The molecule has 118 valence electrons. The molecule has 23 heavy (non-hydrogen) atoms. The zero-order valence-corrected chi connectivity index (χ0v) is 13.4. The largest absolute Gasteiger partial charge is 0.318 e. The Bertz CT molecular complexity index is 794. The number of anilines is 1. The van der Waals surface area contributed by atoms with Crippen LogP contribution in [0, 0.1) is 5.82 Å². The smallest absolute Gasteiger partial charge is 0.265 e. The molecule has 4 nitrogen and oxygen atoms in total. The SMILES string of the molecule is CCCc1[nH]nc(-c2ccc(F)cc2)c1NC(=O)c1cccs1. The van der Waals surface area contributed by atoms with Gasteiger partial charge in [-0.2, -0.15) is 5.10 Å². The number of hydrogen-bond donors (Lipinski definition) is 2. The number of benzene rings is 1. The maximum Gasteiger partial charge on any atom is 0.265 e. The van der Waals surface area contributed by atoms with Gasteiger partial charge in [0.25, 0.3) is 5.91 Å². The number of nitrogens with zero attached hydrogens (tertiary/aromatic N) is 1. The van der Waals surface area contributed by atoms with Crippen LogP contribution < -0.4 is 5.32 Å². The third-order valence-electron chi connectivity index (χ3n) is 3.44. The van der Waals surface area contributed by atoms with Crippen molar-refractivity contribution in [3.63, 3.8) is 0 Å². The summed E-state index contributed by atoms with van der Waals surface area (Å²) >= 11 is 1.38. The molecule has 1 amide bonds. The Hall–Kier alpha value is -2.47. The average molecular weight is 329 g/mol. The van der Waals surface area contributed by atoms with Crippen molar-refractivity contribution in [2.45, 2.75) is 19.8 Å². The van der Waals surface area contributed by atoms with Crippen LogP contribution in [0.15, 0.2) is 41.8 Å². The highest BCUT2D eigenvalue weighted by atomic mass is 32.1. The Balaban J connectivity index is 1.97. The summed E-state index contributed by atoms with van der Waals surface area (Å²) in [6, 6.07) is 9.69. The van der Waals surface area contributed by atoms with Crippen LogP contribution in [0.3, 0.4) is 0 Å². The quantitative estimate of drug-likeness (QED) is 0.725. The van der Waals surface area contributed by atoms with Crippen LogP contribution in [0.5, 0.6) is 0 Å². The fraction of sp³-hybridized carbons (Fsp3) is 0.176. The van der Waals surface area contributed by atoms with Gasteiger partial charge in [0.05, 0.1) is 16.3 Å². The van der Waals surface area contributed by atoms with E-state index in [1.807, 2.05) is 11.4 Å². The van der Waals surface area contributed by atoms with Crippen molar-refractivity contribution in [1.82, 2.24) is 10.2 Å². The minimum absolute atomic E-state index is 0.165. The Morgan fingerprint density at radius 2 is 2.09 bits per heavy atom. The number of aromatic nitrogens is 2. The van der Waals surface area contributed by atoms with Crippen molar-refractivity contribution in [3.05, 3.63) is 58.2 Å². The molecule has 0 unspecified atom stereocenters. The van der Waals surface area contributed by atoms with E-state index in [4.69, 9.17) is 0 Å². The predicted molar refractivity (Wildman–Crippen MR) is 90.2 cm³/mol. The molecule has 0 fully saturated rings. The van der Waals surface area contributed by atoms with Gasteiger partial charge in [0.2, 0.25) is 0 Å². The first kappa shape index (κ1) is 15.4.